The molecule has 2 rings (SSSR count). The lowest BCUT2D eigenvalue weighted by molar-refractivity contribution is 0.0872. The third-order valence-corrected chi connectivity index (χ3v) is 4.01. The molecule has 0 saturated carbocycles. The van der Waals surface area contributed by atoms with Gasteiger partial charge in [-0.1, -0.05) is 80.1 Å². The zero-order chi connectivity index (χ0) is 18.8. The second kappa shape index (κ2) is 10.2. The molecule has 1 amide bonds. The van der Waals surface area contributed by atoms with E-state index in [9.17, 15) is 4.79 Å². The summed E-state index contributed by atoms with van der Waals surface area (Å²) in [5.41, 5.74) is 2.66. The normalized spacial score (nSPS) is 12.3. The van der Waals surface area contributed by atoms with E-state index in [0.717, 1.165) is 29.7 Å². The first-order valence-electron chi connectivity index (χ1n) is 8.88. The van der Waals surface area contributed by atoms with Crippen LogP contribution in [0.3, 0.4) is 0 Å². The molecule has 0 saturated heterocycles. The van der Waals surface area contributed by atoms with Gasteiger partial charge in [0.25, 0.3) is 0 Å². The number of ether oxygens (including phenoxy) is 1. The van der Waals surface area contributed by atoms with E-state index in [1.54, 1.807) is 6.08 Å². The van der Waals surface area contributed by atoms with Crippen molar-refractivity contribution in [3.8, 4) is 0 Å². The van der Waals surface area contributed by atoms with Gasteiger partial charge < -0.3 is 4.74 Å². The average Bonchev–Trinajstić information content (AvgIpc) is 2.70. The van der Waals surface area contributed by atoms with E-state index in [-0.39, 0.29) is 12.6 Å². The van der Waals surface area contributed by atoms with Crippen LogP contribution in [-0.2, 0) is 11.3 Å². The van der Waals surface area contributed by atoms with E-state index in [1.807, 2.05) is 67.6 Å². The number of hydrogen-bond donors (Lipinski definition) is 0. The Hall–Kier alpha value is -2.88. The first-order chi connectivity index (χ1) is 12.7. The summed E-state index contributed by atoms with van der Waals surface area (Å²) in [6.45, 7) is 8.03. The van der Waals surface area contributed by atoms with Crippen LogP contribution in [-0.4, -0.2) is 22.9 Å². The molecule has 0 fully saturated rings. The van der Waals surface area contributed by atoms with Gasteiger partial charge in [-0.3, -0.25) is 0 Å². The predicted molar refractivity (Wildman–Crippen MR) is 106 cm³/mol. The monoisotopic (exact) mass is 350 g/mol. The van der Waals surface area contributed by atoms with Gasteiger partial charge in [-0.2, -0.15) is 10.1 Å². The van der Waals surface area contributed by atoms with Crippen LogP contribution in [0.25, 0.3) is 0 Å². The maximum absolute atomic E-state index is 12.7. The fraction of sp³-hybridized carbons (Fsp3) is 0.273. The summed E-state index contributed by atoms with van der Waals surface area (Å²) in [4.78, 5) is 12.7. The van der Waals surface area contributed by atoms with Crippen molar-refractivity contribution in [3.05, 3.63) is 84.4 Å². The molecule has 2 aromatic carbocycles. The summed E-state index contributed by atoms with van der Waals surface area (Å²) >= 11 is 0. The third-order valence-electron chi connectivity index (χ3n) is 4.01. The van der Waals surface area contributed by atoms with Crippen molar-refractivity contribution in [1.29, 1.82) is 0 Å². The van der Waals surface area contributed by atoms with Gasteiger partial charge >= 0.3 is 6.09 Å². The fourth-order valence-electron chi connectivity index (χ4n) is 2.57. The molecule has 0 spiro atoms. The predicted octanol–water partition coefficient (Wildman–Crippen LogP) is 5.40. The third kappa shape index (κ3) is 5.59. The highest BCUT2D eigenvalue weighted by atomic mass is 16.6. The number of benzene rings is 2. The molecule has 0 bridgehead atoms. The van der Waals surface area contributed by atoms with Gasteiger partial charge in [-0.25, -0.2) is 4.79 Å². The van der Waals surface area contributed by atoms with Crippen LogP contribution in [0.15, 0.2) is 78.4 Å². The van der Waals surface area contributed by atoms with E-state index < -0.39 is 6.09 Å². The van der Waals surface area contributed by atoms with Crippen molar-refractivity contribution in [1.82, 2.24) is 5.01 Å². The van der Waals surface area contributed by atoms with Crippen LogP contribution >= 0.6 is 0 Å². The van der Waals surface area contributed by atoms with Gasteiger partial charge in [0.2, 0.25) is 0 Å². The minimum Gasteiger partial charge on any atom is -0.443 e. The maximum atomic E-state index is 12.7. The molecule has 0 aliphatic heterocycles. The fourth-order valence-corrected chi connectivity index (χ4v) is 2.57. The number of rotatable bonds is 8. The number of carbonyl (C=O) groups is 1. The largest absolute Gasteiger partial charge is 0.443 e. The summed E-state index contributed by atoms with van der Waals surface area (Å²) in [5, 5.41) is 5.96. The van der Waals surface area contributed by atoms with Crippen LogP contribution < -0.4 is 0 Å². The Morgan fingerprint density at radius 3 is 2.35 bits per heavy atom. The number of nitrogens with zero attached hydrogens (tertiary/aromatic N) is 2. The highest BCUT2D eigenvalue weighted by Crippen LogP contribution is 2.14. The van der Waals surface area contributed by atoms with E-state index in [1.165, 1.54) is 5.01 Å². The molecule has 26 heavy (non-hydrogen) atoms. The standard InChI is InChI=1S/C22H26N2O2/c1-4-12-21(5-2)24(23-18(3)20-15-10-7-11-16-20)22(25)26-17-19-13-8-6-9-14-19/h5-11,13-16,21H,2,4,12,17H2,1,3H3/b23-18+. The average molecular weight is 350 g/mol. The molecule has 1 unspecified atom stereocenters. The van der Waals surface area contributed by atoms with Gasteiger partial charge in [-0.05, 0) is 24.5 Å². The second-order valence-electron chi connectivity index (χ2n) is 6.03. The quantitative estimate of drug-likeness (QED) is 0.363. The van der Waals surface area contributed by atoms with E-state index in [0.29, 0.717) is 0 Å². The molecular formula is C22H26N2O2. The van der Waals surface area contributed by atoms with Crippen LogP contribution in [0.2, 0.25) is 0 Å². The number of carbonyl (C=O) groups excluding carboxylic acids is 1. The topological polar surface area (TPSA) is 41.9 Å². The molecule has 0 aromatic heterocycles. The zero-order valence-electron chi connectivity index (χ0n) is 15.5. The molecule has 0 aliphatic carbocycles. The maximum Gasteiger partial charge on any atom is 0.431 e. The summed E-state index contributed by atoms with van der Waals surface area (Å²) < 4.78 is 5.49. The minimum absolute atomic E-state index is 0.207. The molecule has 4 nitrogen and oxygen atoms in total. The van der Waals surface area contributed by atoms with Gasteiger partial charge in [0.1, 0.15) is 6.61 Å². The second-order valence-corrected chi connectivity index (χ2v) is 6.03. The van der Waals surface area contributed by atoms with Crippen LogP contribution in [0.4, 0.5) is 4.79 Å². The molecule has 0 N–H and O–H groups in total. The lowest BCUT2D eigenvalue weighted by atomic mass is 10.1. The lowest BCUT2D eigenvalue weighted by Crippen LogP contribution is -2.36. The molecule has 0 heterocycles. The smallest absolute Gasteiger partial charge is 0.431 e. The number of hydrazone groups is 1. The van der Waals surface area contributed by atoms with Crippen molar-refractivity contribution in [2.45, 2.75) is 39.3 Å². The van der Waals surface area contributed by atoms with Crippen molar-refractivity contribution >= 4 is 11.8 Å². The highest BCUT2D eigenvalue weighted by molar-refractivity contribution is 5.99. The summed E-state index contributed by atoms with van der Waals surface area (Å²) in [5.74, 6) is 0. The summed E-state index contributed by atoms with van der Waals surface area (Å²) in [6, 6.07) is 19.2. The summed E-state index contributed by atoms with van der Waals surface area (Å²) in [7, 11) is 0. The van der Waals surface area contributed by atoms with Crippen molar-refractivity contribution in [3.63, 3.8) is 0 Å². The Morgan fingerprint density at radius 1 is 1.15 bits per heavy atom. The van der Waals surface area contributed by atoms with Gasteiger partial charge in [-0.15, -0.1) is 6.58 Å². The molecule has 0 aliphatic rings. The SMILES string of the molecule is C=CC(CCC)N(/N=C(\C)c1ccccc1)C(=O)OCc1ccccc1. The summed E-state index contributed by atoms with van der Waals surface area (Å²) in [6.07, 6.45) is 2.96. The molecule has 4 heteroatoms. The minimum atomic E-state index is -0.470. The molecule has 0 radical (unpaired) electrons. The first-order valence-corrected chi connectivity index (χ1v) is 8.88. The van der Waals surface area contributed by atoms with Crippen molar-refractivity contribution in [2.75, 3.05) is 0 Å². The van der Waals surface area contributed by atoms with E-state index >= 15 is 0 Å². The highest BCUT2D eigenvalue weighted by Gasteiger charge is 2.22. The zero-order valence-corrected chi connectivity index (χ0v) is 15.5. The first kappa shape index (κ1) is 19.4. The molecule has 2 aromatic rings. The Kier molecular flexibility index (Phi) is 7.62. The van der Waals surface area contributed by atoms with Gasteiger partial charge in [0.05, 0.1) is 11.8 Å². The number of amides is 1. The van der Waals surface area contributed by atoms with E-state index in [2.05, 4.69) is 18.6 Å². The van der Waals surface area contributed by atoms with Crippen LogP contribution in [0.1, 0.15) is 37.8 Å². The van der Waals surface area contributed by atoms with Crippen LogP contribution in [0.5, 0.6) is 0 Å². The lowest BCUT2D eigenvalue weighted by Gasteiger charge is -2.25. The van der Waals surface area contributed by atoms with Crippen molar-refractivity contribution in [2.24, 2.45) is 5.10 Å². The van der Waals surface area contributed by atoms with Gasteiger partial charge in [0.15, 0.2) is 0 Å². The Morgan fingerprint density at radius 2 is 1.77 bits per heavy atom. The molecule has 1 atom stereocenters. The van der Waals surface area contributed by atoms with Gasteiger partial charge in [0, 0.05) is 0 Å². The van der Waals surface area contributed by atoms with Crippen molar-refractivity contribution < 1.29 is 9.53 Å². The van der Waals surface area contributed by atoms with E-state index in [4.69, 9.17) is 4.74 Å². The Labute approximate surface area is 155 Å². The Bertz CT molecular complexity index is 726. The molecular weight excluding hydrogens is 324 g/mol. The molecule has 136 valence electrons. The van der Waals surface area contributed by atoms with Crippen LogP contribution in [0, 0.1) is 0 Å². The number of hydrogen-bond acceptors (Lipinski definition) is 3. The Balaban J connectivity index is 2.19.